The molecule has 1 N–H and O–H groups in total. The van der Waals surface area contributed by atoms with Crippen LogP contribution >= 0.6 is 34.5 Å². The van der Waals surface area contributed by atoms with Gasteiger partial charge < -0.3 is 10.2 Å². The molecule has 1 aromatic heterocycles. The van der Waals surface area contributed by atoms with Crippen LogP contribution in [0, 0.1) is 0 Å². The molecule has 0 bridgehead atoms. The van der Waals surface area contributed by atoms with Crippen LogP contribution in [0.3, 0.4) is 0 Å². The standard InChI is InChI=1S/C17H16Cl2N2O2S/c18-12-4-5-14(13(19)9-12)20-16(22)15-3-1-2-7-21(15)17(23)11-6-8-24-10-11/h4-6,8-10,15H,1-3,7H2,(H,20,22). The summed E-state index contributed by atoms with van der Waals surface area (Å²) in [6.45, 7) is 0.584. The first-order valence-corrected chi connectivity index (χ1v) is 9.35. The number of hydrogen-bond acceptors (Lipinski definition) is 3. The molecule has 1 saturated heterocycles. The van der Waals surface area contributed by atoms with E-state index in [-0.39, 0.29) is 11.8 Å². The Kier molecular flexibility index (Phi) is 5.43. The van der Waals surface area contributed by atoms with Crippen molar-refractivity contribution < 1.29 is 9.59 Å². The summed E-state index contributed by atoms with van der Waals surface area (Å²) in [4.78, 5) is 27.0. The zero-order valence-electron chi connectivity index (χ0n) is 12.8. The van der Waals surface area contributed by atoms with Gasteiger partial charge in [0.1, 0.15) is 6.04 Å². The van der Waals surface area contributed by atoms with Crippen molar-refractivity contribution >= 4 is 52.0 Å². The third kappa shape index (κ3) is 3.74. The molecule has 1 aromatic carbocycles. The van der Waals surface area contributed by atoms with E-state index >= 15 is 0 Å². The summed E-state index contributed by atoms with van der Waals surface area (Å²) >= 11 is 13.5. The van der Waals surface area contributed by atoms with Crippen molar-refractivity contribution in [3.63, 3.8) is 0 Å². The summed E-state index contributed by atoms with van der Waals surface area (Å²) < 4.78 is 0. The zero-order valence-corrected chi connectivity index (χ0v) is 15.1. The molecule has 1 atom stereocenters. The van der Waals surface area contributed by atoms with Gasteiger partial charge in [0.05, 0.1) is 16.3 Å². The number of nitrogens with one attached hydrogen (secondary N) is 1. The second-order valence-corrected chi connectivity index (χ2v) is 7.26. The second-order valence-electron chi connectivity index (χ2n) is 5.64. The number of anilines is 1. The number of rotatable bonds is 3. The van der Waals surface area contributed by atoms with E-state index in [4.69, 9.17) is 23.2 Å². The predicted octanol–water partition coefficient (Wildman–Crippen LogP) is 4.69. The molecule has 2 heterocycles. The highest BCUT2D eigenvalue weighted by Crippen LogP contribution is 2.27. The number of likely N-dealkylation sites (tertiary alicyclic amines) is 1. The zero-order chi connectivity index (χ0) is 17.1. The minimum Gasteiger partial charge on any atom is -0.327 e. The van der Waals surface area contributed by atoms with Gasteiger partial charge >= 0.3 is 0 Å². The van der Waals surface area contributed by atoms with Crippen molar-refractivity contribution in [1.82, 2.24) is 4.90 Å². The van der Waals surface area contributed by atoms with Crippen LogP contribution < -0.4 is 5.32 Å². The summed E-state index contributed by atoms with van der Waals surface area (Å²) in [6, 6.07) is 6.20. The van der Waals surface area contributed by atoms with Gasteiger partial charge in [-0.2, -0.15) is 11.3 Å². The highest BCUT2D eigenvalue weighted by atomic mass is 35.5. The van der Waals surface area contributed by atoms with Crippen molar-refractivity contribution in [3.8, 4) is 0 Å². The Morgan fingerprint density at radius 1 is 1.21 bits per heavy atom. The van der Waals surface area contributed by atoms with Crippen molar-refractivity contribution in [3.05, 3.63) is 50.6 Å². The molecule has 0 spiro atoms. The SMILES string of the molecule is O=C(Nc1ccc(Cl)cc1Cl)C1CCCCN1C(=O)c1ccsc1. The van der Waals surface area contributed by atoms with E-state index in [0.717, 1.165) is 12.8 Å². The molecule has 0 saturated carbocycles. The Labute approximate surface area is 154 Å². The number of thiophene rings is 1. The van der Waals surface area contributed by atoms with Gasteiger partial charge in [-0.15, -0.1) is 0 Å². The fourth-order valence-corrected chi connectivity index (χ4v) is 3.89. The van der Waals surface area contributed by atoms with Gasteiger partial charge in [0.25, 0.3) is 5.91 Å². The molecule has 126 valence electrons. The van der Waals surface area contributed by atoms with Gasteiger partial charge in [-0.25, -0.2) is 0 Å². The number of amides is 2. The van der Waals surface area contributed by atoms with E-state index in [1.165, 1.54) is 11.3 Å². The lowest BCUT2D eigenvalue weighted by Crippen LogP contribution is -2.49. The fourth-order valence-electron chi connectivity index (χ4n) is 2.81. The van der Waals surface area contributed by atoms with Crippen LogP contribution in [-0.4, -0.2) is 29.3 Å². The van der Waals surface area contributed by atoms with E-state index in [1.54, 1.807) is 29.2 Å². The lowest BCUT2D eigenvalue weighted by Gasteiger charge is -2.34. The summed E-state index contributed by atoms with van der Waals surface area (Å²) in [5.41, 5.74) is 1.13. The fraction of sp³-hybridized carbons (Fsp3) is 0.294. The minimum absolute atomic E-state index is 0.0988. The lowest BCUT2D eigenvalue weighted by atomic mass is 10.0. The third-order valence-electron chi connectivity index (χ3n) is 4.02. The van der Waals surface area contributed by atoms with Crippen molar-refractivity contribution in [2.75, 3.05) is 11.9 Å². The predicted molar refractivity (Wildman–Crippen MR) is 98.1 cm³/mol. The largest absolute Gasteiger partial charge is 0.327 e. The molecule has 4 nitrogen and oxygen atoms in total. The highest BCUT2D eigenvalue weighted by Gasteiger charge is 2.33. The van der Waals surface area contributed by atoms with E-state index in [0.29, 0.717) is 34.3 Å². The molecule has 1 fully saturated rings. The van der Waals surface area contributed by atoms with Crippen LogP contribution in [0.15, 0.2) is 35.0 Å². The molecule has 7 heteroatoms. The molecule has 2 aromatic rings. The number of halogens is 2. The molecule has 1 aliphatic rings. The topological polar surface area (TPSA) is 49.4 Å². The van der Waals surface area contributed by atoms with E-state index in [9.17, 15) is 9.59 Å². The number of piperidine rings is 1. The molecule has 0 radical (unpaired) electrons. The van der Waals surface area contributed by atoms with Crippen LogP contribution in [-0.2, 0) is 4.79 Å². The highest BCUT2D eigenvalue weighted by molar-refractivity contribution is 7.08. The molecular weight excluding hydrogens is 367 g/mol. The van der Waals surface area contributed by atoms with E-state index < -0.39 is 6.04 Å². The monoisotopic (exact) mass is 382 g/mol. The van der Waals surface area contributed by atoms with Gasteiger partial charge in [-0.05, 0) is 48.9 Å². The Morgan fingerprint density at radius 3 is 2.75 bits per heavy atom. The summed E-state index contributed by atoms with van der Waals surface area (Å²) in [6.07, 6.45) is 2.47. The molecule has 1 aliphatic heterocycles. The Hall–Kier alpha value is -1.56. The van der Waals surface area contributed by atoms with Gasteiger partial charge in [0.15, 0.2) is 0 Å². The maximum absolute atomic E-state index is 12.7. The molecule has 3 rings (SSSR count). The summed E-state index contributed by atoms with van der Waals surface area (Å²) in [5.74, 6) is -0.319. The average Bonchev–Trinajstić information content (AvgIpc) is 3.11. The maximum atomic E-state index is 12.7. The molecular formula is C17H16Cl2N2O2S. The normalized spacial score (nSPS) is 17.6. The van der Waals surface area contributed by atoms with Gasteiger partial charge in [-0.3, -0.25) is 9.59 Å². The molecule has 24 heavy (non-hydrogen) atoms. The third-order valence-corrected chi connectivity index (χ3v) is 5.25. The maximum Gasteiger partial charge on any atom is 0.255 e. The lowest BCUT2D eigenvalue weighted by molar-refractivity contribution is -0.121. The average molecular weight is 383 g/mol. The van der Waals surface area contributed by atoms with Gasteiger partial charge in [0.2, 0.25) is 5.91 Å². The summed E-state index contributed by atoms with van der Waals surface area (Å²) in [7, 11) is 0. The van der Waals surface area contributed by atoms with Crippen LogP contribution in [0.1, 0.15) is 29.6 Å². The van der Waals surface area contributed by atoms with E-state index in [1.807, 2.05) is 10.8 Å². The second kappa shape index (κ2) is 7.55. The minimum atomic E-state index is -0.488. The number of carbonyl (C=O) groups is 2. The van der Waals surface area contributed by atoms with Gasteiger partial charge in [0, 0.05) is 16.9 Å². The van der Waals surface area contributed by atoms with Crippen LogP contribution in [0.2, 0.25) is 10.0 Å². The Morgan fingerprint density at radius 2 is 2.04 bits per heavy atom. The van der Waals surface area contributed by atoms with Crippen LogP contribution in [0.5, 0.6) is 0 Å². The first kappa shape index (κ1) is 17.3. The first-order chi connectivity index (χ1) is 11.6. The number of carbonyl (C=O) groups excluding carboxylic acids is 2. The smallest absolute Gasteiger partial charge is 0.255 e. The number of hydrogen-bond donors (Lipinski definition) is 1. The Bertz CT molecular complexity index is 749. The molecule has 1 unspecified atom stereocenters. The number of nitrogens with zero attached hydrogens (tertiary/aromatic N) is 1. The van der Waals surface area contributed by atoms with Crippen LogP contribution in [0.25, 0.3) is 0 Å². The van der Waals surface area contributed by atoms with E-state index in [2.05, 4.69) is 5.32 Å². The van der Waals surface area contributed by atoms with Crippen LogP contribution in [0.4, 0.5) is 5.69 Å². The molecule has 0 aliphatic carbocycles. The quantitative estimate of drug-likeness (QED) is 0.836. The Balaban J connectivity index is 1.77. The van der Waals surface area contributed by atoms with Crippen molar-refractivity contribution in [2.45, 2.75) is 25.3 Å². The molecule has 2 amide bonds. The van der Waals surface area contributed by atoms with Gasteiger partial charge in [-0.1, -0.05) is 23.2 Å². The summed E-state index contributed by atoms with van der Waals surface area (Å²) in [5, 5.41) is 7.37. The number of benzene rings is 1. The van der Waals surface area contributed by atoms with Crippen molar-refractivity contribution in [1.29, 1.82) is 0 Å². The first-order valence-electron chi connectivity index (χ1n) is 7.65. The van der Waals surface area contributed by atoms with Crippen molar-refractivity contribution in [2.24, 2.45) is 0 Å².